The predicted molar refractivity (Wildman–Crippen MR) is 73.9 cm³/mol. The first-order valence-corrected chi connectivity index (χ1v) is 6.20. The number of hydrogen-bond donors (Lipinski definition) is 1. The summed E-state index contributed by atoms with van der Waals surface area (Å²) in [5.74, 6) is 0.295. The third-order valence-electron chi connectivity index (χ3n) is 2.61. The molecule has 100 valence electrons. The molecule has 1 aromatic carbocycles. The zero-order valence-electron chi connectivity index (χ0n) is 10.7. The Kier molecular flexibility index (Phi) is 4.06. The minimum Gasteiger partial charge on any atom is -0.495 e. The van der Waals surface area contributed by atoms with Crippen LogP contribution in [0.25, 0.3) is 0 Å². The molecule has 5 nitrogen and oxygen atoms in total. The number of nitrogens with zero attached hydrogens (tertiary/aromatic N) is 2. The third kappa shape index (κ3) is 3.06. The molecular weight excluding hydrogens is 266 g/mol. The fourth-order valence-corrected chi connectivity index (χ4v) is 1.86. The number of anilines is 1. The Morgan fingerprint density at radius 1 is 1.47 bits per heavy atom. The number of methoxy groups -OCH3 is 1. The van der Waals surface area contributed by atoms with Gasteiger partial charge < -0.3 is 10.1 Å². The van der Waals surface area contributed by atoms with Crippen molar-refractivity contribution in [3.8, 4) is 5.75 Å². The number of carbonyl (C=O) groups is 1. The smallest absolute Gasteiger partial charge is 0.276 e. The molecule has 0 aliphatic rings. The predicted octanol–water partition coefficient (Wildman–Crippen LogP) is 2.82. The molecule has 0 saturated carbocycles. The first-order valence-electron chi connectivity index (χ1n) is 5.82. The van der Waals surface area contributed by atoms with E-state index in [0.717, 1.165) is 6.54 Å². The molecule has 1 N–H and O–H groups in total. The van der Waals surface area contributed by atoms with Gasteiger partial charge in [0.25, 0.3) is 5.91 Å². The van der Waals surface area contributed by atoms with Crippen molar-refractivity contribution < 1.29 is 9.53 Å². The fourth-order valence-electron chi connectivity index (χ4n) is 1.60. The molecule has 1 heterocycles. The van der Waals surface area contributed by atoms with Crippen LogP contribution in [0.3, 0.4) is 0 Å². The number of aryl methyl sites for hydroxylation is 1. The van der Waals surface area contributed by atoms with Gasteiger partial charge in [-0.1, -0.05) is 11.6 Å². The number of amides is 1. The van der Waals surface area contributed by atoms with Gasteiger partial charge in [0.05, 0.1) is 12.1 Å². The molecule has 2 rings (SSSR count). The highest BCUT2D eigenvalue weighted by Gasteiger charge is 2.10. The topological polar surface area (TPSA) is 56.2 Å². The lowest BCUT2D eigenvalue weighted by atomic mass is 10.3. The molecule has 0 atom stereocenters. The van der Waals surface area contributed by atoms with E-state index in [4.69, 9.17) is 16.3 Å². The van der Waals surface area contributed by atoms with Gasteiger partial charge >= 0.3 is 0 Å². The summed E-state index contributed by atoms with van der Waals surface area (Å²) in [5.41, 5.74) is 0.968. The molecule has 19 heavy (non-hydrogen) atoms. The number of benzene rings is 1. The highest BCUT2D eigenvalue weighted by molar-refractivity contribution is 6.32. The van der Waals surface area contributed by atoms with E-state index in [9.17, 15) is 4.79 Å². The number of ether oxygens (including phenoxy) is 1. The van der Waals surface area contributed by atoms with Crippen LogP contribution in [0.4, 0.5) is 5.69 Å². The monoisotopic (exact) mass is 279 g/mol. The molecule has 1 amide bonds. The van der Waals surface area contributed by atoms with E-state index in [1.807, 2.05) is 6.92 Å². The van der Waals surface area contributed by atoms with E-state index >= 15 is 0 Å². The van der Waals surface area contributed by atoms with Gasteiger partial charge in [0.15, 0.2) is 5.69 Å². The molecule has 1 aromatic heterocycles. The van der Waals surface area contributed by atoms with Gasteiger partial charge in [0.1, 0.15) is 5.75 Å². The van der Waals surface area contributed by atoms with Gasteiger partial charge in [0.2, 0.25) is 0 Å². The standard InChI is InChI=1S/C13H14ClN3O2/c1-3-17-7-6-11(16-17)13(18)15-9-4-5-12(19-2)10(14)8-9/h4-8H,3H2,1-2H3,(H,15,18). The van der Waals surface area contributed by atoms with Crippen molar-refractivity contribution in [3.63, 3.8) is 0 Å². The van der Waals surface area contributed by atoms with Gasteiger partial charge in [-0.05, 0) is 31.2 Å². The van der Waals surface area contributed by atoms with Crippen LogP contribution in [0.15, 0.2) is 30.5 Å². The van der Waals surface area contributed by atoms with Crippen molar-refractivity contribution in [1.29, 1.82) is 0 Å². The number of halogens is 1. The molecule has 0 bridgehead atoms. The third-order valence-corrected chi connectivity index (χ3v) is 2.90. The van der Waals surface area contributed by atoms with Gasteiger partial charge in [-0.25, -0.2) is 0 Å². The average Bonchev–Trinajstić information content (AvgIpc) is 2.88. The van der Waals surface area contributed by atoms with E-state index in [-0.39, 0.29) is 5.91 Å². The molecule has 0 fully saturated rings. The van der Waals surface area contributed by atoms with E-state index in [0.29, 0.717) is 22.2 Å². The first kappa shape index (κ1) is 13.4. The lowest BCUT2D eigenvalue weighted by molar-refractivity contribution is 0.102. The largest absolute Gasteiger partial charge is 0.495 e. The Morgan fingerprint density at radius 2 is 2.26 bits per heavy atom. The van der Waals surface area contributed by atoms with Crippen LogP contribution in [-0.2, 0) is 6.54 Å². The second-order valence-corrected chi connectivity index (χ2v) is 4.27. The van der Waals surface area contributed by atoms with Crippen LogP contribution in [0, 0.1) is 0 Å². The Morgan fingerprint density at radius 3 is 2.84 bits per heavy atom. The summed E-state index contributed by atoms with van der Waals surface area (Å²) < 4.78 is 6.74. The van der Waals surface area contributed by atoms with E-state index in [1.165, 1.54) is 7.11 Å². The van der Waals surface area contributed by atoms with Crippen molar-refractivity contribution in [2.45, 2.75) is 13.5 Å². The number of carbonyl (C=O) groups excluding carboxylic acids is 1. The summed E-state index contributed by atoms with van der Waals surface area (Å²) in [7, 11) is 1.54. The van der Waals surface area contributed by atoms with Gasteiger partial charge in [-0.15, -0.1) is 0 Å². The summed E-state index contributed by atoms with van der Waals surface area (Å²) in [6.07, 6.45) is 1.76. The van der Waals surface area contributed by atoms with Crippen LogP contribution in [-0.4, -0.2) is 22.8 Å². The summed E-state index contributed by atoms with van der Waals surface area (Å²) in [4.78, 5) is 11.9. The van der Waals surface area contributed by atoms with Crippen molar-refractivity contribution >= 4 is 23.2 Å². The van der Waals surface area contributed by atoms with E-state index < -0.39 is 0 Å². The highest BCUT2D eigenvalue weighted by Crippen LogP contribution is 2.27. The SMILES string of the molecule is CCn1ccc(C(=O)Nc2ccc(OC)c(Cl)c2)n1. The number of hydrogen-bond acceptors (Lipinski definition) is 3. The number of nitrogens with one attached hydrogen (secondary N) is 1. The maximum absolute atomic E-state index is 11.9. The summed E-state index contributed by atoms with van der Waals surface area (Å²) in [5, 5.41) is 7.30. The Bertz CT molecular complexity index is 595. The van der Waals surface area contributed by atoms with Gasteiger partial charge in [-0.2, -0.15) is 5.10 Å². The Labute approximate surface area is 116 Å². The quantitative estimate of drug-likeness (QED) is 0.936. The minimum absolute atomic E-state index is 0.270. The van der Waals surface area contributed by atoms with Crippen LogP contribution in [0.1, 0.15) is 17.4 Å². The summed E-state index contributed by atoms with van der Waals surface area (Å²) in [6.45, 7) is 2.68. The van der Waals surface area contributed by atoms with E-state index in [1.54, 1.807) is 35.1 Å². The fraction of sp³-hybridized carbons (Fsp3) is 0.231. The lowest BCUT2D eigenvalue weighted by Crippen LogP contribution is -2.13. The van der Waals surface area contributed by atoms with Crippen LogP contribution < -0.4 is 10.1 Å². The van der Waals surface area contributed by atoms with Crippen molar-refractivity contribution in [2.75, 3.05) is 12.4 Å². The Balaban J connectivity index is 2.12. The summed E-state index contributed by atoms with van der Waals surface area (Å²) in [6, 6.07) is 6.72. The maximum atomic E-state index is 11.9. The minimum atomic E-state index is -0.270. The van der Waals surface area contributed by atoms with Crippen molar-refractivity contribution in [1.82, 2.24) is 9.78 Å². The second-order valence-electron chi connectivity index (χ2n) is 3.86. The molecule has 0 aliphatic heterocycles. The molecule has 0 spiro atoms. The molecule has 0 aliphatic carbocycles. The van der Waals surface area contributed by atoms with E-state index in [2.05, 4.69) is 10.4 Å². The average molecular weight is 280 g/mol. The van der Waals surface area contributed by atoms with Crippen LogP contribution in [0.5, 0.6) is 5.75 Å². The lowest BCUT2D eigenvalue weighted by Gasteiger charge is -2.06. The molecule has 0 unspecified atom stereocenters. The Hall–Kier alpha value is -2.01. The van der Waals surface area contributed by atoms with Crippen LogP contribution in [0.2, 0.25) is 5.02 Å². The van der Waals surface area contributed by atoms with Crippen molar-refractivity contribution in [3.05, 3.63) is 41.2 Å². The molecule has 2 aromatic rings. The molecular formula is C13H14ClN3O2. The normalized spacial score (nSPS) is 10.3. The zero-order chi connectivity index (χ0) is 13.8. The summed E-state index contributed by atoms with van der Waals surface area (Å²) >= 11 is 5.99. The van der Waals surface area contributed by atoms with Crippen molar-refractivity contribution in [2.24, 2.45) is 0 Å². The van der Waals surface area contributed by atoms with Crippen LogP contribution >= 0.6 is 11.6 Å². The zero-order valence-corrected chi connectivity index (χ0v) is 11.4. The van der Waals surface area contributed by atoms with Gasteiger partial charge in [0, 0.05) is 18.4 Å². The first-order chi connectivity index (χ1) is 9.13. The number of rotatable bonds is 4. The second kappa shape index (κ2) is 5.75. The van der Waals surface area contributed by atoms with Gasteiger partial charge in [-0.3, -0.25) is 9.48 Å². The number of aromatic nitrogens is 2. The molecule has 6 heteroatoms. The maximum Gasteiger partial charge on any atom is 0.276 e. The molecule has 0 saturated heterocycles. The highest BCUT2D eigenvalue weighted by atomic mass is 35.5. The molecule has 0 radical (unpaired) electrons.